The molecule has 0 N–H and O–H groups in total. The highest BCUT2D eigenvalue weighted by Crippen LogP contribution is 2.20. The third kappa shape index (κ3) is 4.50. The van der Waals surface area contributed by atoms with Crippen LogP contribution in [0.3, 0.4) is 0 Å². The lowest BCUT2D eigenvalue weighted by Crippen LogP contribution is -2.35. The van der Waals surface area contributed by atoms with Gasteiger partial charge in [0.15, 0.2) is 5.60 Å². The zero-order valence-corrected chi connectivity index (χ0v) is 9.49. The van der Waals surface area contributed by atoms with E-state index in [1.54, 1.807) is 6.92 Å². The fraction of sp³-hybridized carbons (Fsp3) is 0.636. The van der Waals surface area contributed by atoms with Crippen molar-refractivity contribution in [3.05, 3.63) is 0 Å². The molecule has 0 radical (unpaired) electrons. The monoisotopic (exact) mass is 212 g/mol. The van der Waals surface area contributed by atoms with Gasteiger partial charge in [-0.15, -0.1) is 6.42 Å². The highest BCUT2D eigenvalue weighted by molar-refractivity contribution is 6.29. The fourth-order valence-corrected chi connectivity index (χ4v) is 1.24. The fourth-order valence-electron chi connectivity index (χ4n) is 1.24. The minimum atomic E-state index is -1.06. The lowest BCUT2D eigenvalue weighted by molar-refractivity contribution is -0.172. The zero-order chi connectivity index (χ0) is 12.1. The highest BCUT2D eigenvalue weighted by Gasteiger charge is 2.30. The van der Waals surface area contributed by atoms with Crippen LogP contribution in [0.5, 0.6) is 0 Å². The molecule has 0 bridgehead atoms. The van der Waals surface area contributed by atoms with Crippen LogP contribution in [-0.2, 0) is 19.1 Å². The van der Waals surface area contributed by atoms with Gasteiger partial charge in [0.1, 0.15) is 0 Å². The molecule has 0 aliphatic heterocycles. The zero-order valence-electron chi connectivity index (χ0n) is 9.49. The third-order valence-electron chi connectivity index (χ3n) is 1.77. The summed E-state index contributed by atoms with van der Waals surface area (Å²) in [7, 11) is 1.11. The van der Waals surface area contributed by atoms with Crippen molar-refractivity contribution in [2.45, 2.75) is 32.8 Å². The van der Waals surface area contributed by atoms with Crippen LogP contribution in [0.2, 0.25) is 0 Å². The molecule has 0 spiro atoms. The van der Waals surface area contributed by atoms with Crippen molar-refractivity contribution in [2.75, 3.05) is 7.11 Å². The first-order valence-electron chi connectivity index (χ1n) is 4.63. The van der Waals surface area contributed by atoms with E-state index in [1.807, 2.05) is 13.8 Å². The molecule has 0 rings (SSSR count). The lowest BCUT2D eigenvalue weighted by atomic mass is 9.95. The Labute approximate surface area is 89.9 Å². The van der Waals surface area contributed by atoms with Gasteiger partial charge in [0.25, 0.3) is 0 Å². The topological polar surface area (TPSA) is 52.6 Å². The van der Waals surface area contributed by atoms with Gasteiger partial charge in [0, 0.05) is 6.42 Å². The molecule has 1 atom stereocenters. The van der Waals surface area contributed by atoms with Gasteiger partial charge >= 0.3 is 11.9 Å². The highest BCUT2D eigenvalue weighted by atomic mass is 16.6. The third-order valence-corrected chi connectivity index (χ3v) is 1.77. The number of ether oxygens (including phenoxy) is 2. The Bertz CT molecular complexity index is 287. The molecule has 0 aliphatic rings. The molecular formula is C11H16O4. The van der Waals surface area contributed by atoms with E-state index in [2.05, 4.69) is 10.7 Å². The molecule has 0 aromatic carbocycles. The van der Waals surface area contributed by atoms with Gasteiger partial charge in [-0.1, -0.05) is 19.8 Å². The second-order valence-corrected chi connectivity index (χ2v) is 3.85. The molecule has 0 aromatic heterocycles. The SMILES string of the molecule is C#CC(C)(CC(C)C)OC(=O)C(=O)OC. The summed E-state index contributed by atoms with van der Waals surface area (Å²) in [4.78, 5) is 22.0. The average molecular weight is 212 g/mol. The minimum absolute atomic E-state index is 0.261. The van der Waals surface area contributed by atoms with E-state index in [0.29, 0.717) is 6.42 Å². The Morgan fingerprint density at radius 3 is 2.27 bits per heavy atom. The van der Waals surface area contributed by atoms with E-state index in [9.17, 15) is 9.59 Å². The number of hydrogen-bond acceptors (Lipinski definition) is 4. The summed E-state index contributed by atoms with van der Waals surface area (Å²) >= 11 is 0. The van der Waals surface area contributed by atoms with Crippen molar-refractivity contribution >= 4 is 11.9 Å². The lowest BCUT2D eigenvalue weighted by Gasteiger charge is -2.24. The van der Waals surface area contributed by atoms with Gasteiger partial charge in [-0.25, -0.2) is 9.59 Å². The van der Waals surface area contributed by atoms with Gasteiger partial charge in [-0.05, 0) is 12.8 Å². The number of esters is 2. The number of methoxy groups -OCH3 is 1. The van der Waals surface area contributed by atoms with Crippen LogP contribution >= 0.6 is 0 Å². The molecule has 0 aromatic rings. The first-order chi connectivity index (χ1) is 6.84. The number of carbonyl (C=O) groups excluding carboxylic acids is 2. The van der Waals surface area contributed by atoms with Crippen molar-refractivity contribution in [3.63, 3.8) is 0 Å². The van der Waals surface area contributed by atoms with E-state index >= 15 is 0 Å². The molecule has 84 valence electrons. The number of terminal acetylenes is 1. The maximum atomic E-state index is 11.1. The van der Waals surface area contributed by atoms with Gasteiger partial charge in [0.05, 0.1) is 7.11 Å². The summed E-state index contributed by atoms with van der Waals surface area (Å²) in [6, 6.07) is 0. The van der Waals surface area contributed by atoms with Gasteiger partial charge in [-0.3, -0.25) is 0 Å². The Morgan fingerprint density at radius 2 is 1.93 bits per heavy atom. The first kappa shape index (κ1) is 13.5. The Balaban J connectivity index is 4.52. The van der Waals surface area contributed by atoms with Crippen LogP contribution in [0.4, 0.5) is 0 Å². The van der Waals surface area contributed by atoms with Crippen LogP contribution in [0, 0.1) is 18.3 Å². The standard InChI is InChI=1S/C11H16O4/c1-6-11(4,7-8(2)3)15-10(13)9(12)14-5/h1,8H,7H2,2-5H3. The van der Waals surface area contributed by atoms with Gasteiger partial charge in [0.2, 0.25) is 0 Å². The molecule has 0 saturated carbocycles. The maximum absolute atomic E-state index is 11.1. The quantitative estimate of drug-likeness (QED) is 0.400. The molecule has 0 heterocycles. The summed E-state index contributed by atoms with van der Waals surface area (Å²) in [5, 5.41) is 0. The Kier molecular flexibility index (Phi) is 4.86. The van der Waals surface area contributed by atoms with Crippen molar-refractivity contribution < 1.29 is 19.1 Å². The minimum Gasteiger partial charge on any atom is -0.461 e. The summed E-state index contributed by atoms with van der Waals surface area (Å²) in [6.07, 6.45) is 5.76. The molecule has 1 unspecified atom stereocenters. The van der Waals surface area contributed by atoms with Crippen LogP contribution in [-0.4, -0.2) is 24.6 Å². The number of hydrogen-bond donors (Lipinski definition) is 0. The van der Waals surface area contributed by atoms with E-state index in [-0.39, 0.29) is 5.92 Å². The van der Waals surface area contributed by atoms with Crippen molar-refractivity contribution in [2.24, 2.45) is 5.92 Å². The molecule has 0 amide bonds. The second-order valence-electron chi connectivity index (χ2n) is 3.85. The second kappa shape index (κ2) is 5.40. The molecule has 15 heavy (non-hydrogen) atoms. The van der Waals surface area contributed by atoms with Crippen LogP contribution < -0.4 is 0 Å². The molecule has 0 fully saturated rings. The van der Waals surface area contributed by atoms with Crippen LogP contribution in [0.1, 0.15) is 27.2 Å². The summed E-state index contributed by atoms with van der Waals surface area (Å²) in [5.41, 5.74) is -1.06. The van der Waals surface area contributed by atoms with Crippen molar-refractivity contribution in [1.29, 1.82) is 0 Å². The first-order valence-corrected chi connectivity index (χ1v) is 4.63. The van der Waals surface area contributed by atoms with Crippen molar-refractivity contribution in [3.8, 4) is 12.3 Å². The Morgan fingerprint density at radius 1 is 1.40 bits per heavy atom. The smallest absolute Gasteiger partial charge is 0.418 e. The summed E-state index contributed by atoms with van der Waals surface area (Å²) in [5.74, 6) is 0.531. The average Bonchev–Trinajstić information content (AvgIpc) is 2.15. The molecule has 0 saturated heterocycles. The predicted octanol–water partition coefficient (Wildman–Crippen LogP) is 1.14. The summed E-state index contributed by atoms with van der Waals surface area (Å²) < 4.78 is 9.13. The van der Waals surface area contributed by atoms with Gasteiger partial charge in [-0.2, -0.15) is 0 Å². The largest absolute Gasteiger partial charge is 0.461 e. The van der Waals surface area contributed by atoms with E-state index < -0.39 is 17.5 Å². The molecule has 4 heteroatoms. The Hall–Kier alpha value is -1.50. The maximum Gasteiger partial charge on any atom is 0.418 e. The predicted molar refractivity (Wildman–Crippen MR) is 54.8 cm³/mol. The van der Waals surface area contributed by atoms with Gasteiger partial charge < -0.3 is 9.47 Å². The number of carbonyl (C=O) groups is 2. The van der Waals surface area contributed by atoms with E-state index in [1.165, 1.54) is 0 Å². The van der Waals surface area contributed by atoms with Crippen molar-refractivity contribution in [1.82, 2.24) is 0 Å². The molecule has 0 aliphatic carbocycles. The molecular weight excluding hydrogens is 196 g/mol. The van der Waals surface area contributed by atoms with Crippen LogP contribution in [0.15, 0.2) is 0 Å². The molecule has 4 nitrogen and oxygen atoms in total. The normalized spacial score (nSPS) is 13.9. The van der Waals surface area contributed by atoms with E-state index in [4.69, 9.17) is 11.2 Å². The number of rotatable bonds is 3. The van der Waals surface area contributed by atoms with E-state index in [0.717, 1.165) is 7.11 Å². The van der Waals surface area contributed by atoms with Crippen LogP contribution in [0.25, 0.3) is 0 Å². The summed E-state index contributed by atoms with van der Waals surface area (Å²) in [6.45, 7) is 5.48.